The Hall–Kier alpha value is -1.35. The first kappa shape index (κ1) is 15.0. The molecule has 0 bridgehead atoms. The van der Waals surface area contributed by atoms with Gasteiger partial charge in [-0.25, -0.2) is 0 Å². The van der Waals surface area contributed by atoms with Gasteiger partial charge in [-0.15, -0.1) is 0 Å². The maximum absolute atomic E-state index is 12.4. The van der Waals surface area contributed by atoms with E-state index in [2.05, 4.69) is 31.3 Å². The Labute approximate surface area is 121 Å². The quantitative estimate of drug-likeness (QED) is 0.865. The van der Waals surface area contributed by atoms with Crippen molar-refractivity contribution in [3.8, 4) is 0 Å². The van der Waals surface area contributed by atoms with E-state index in [1.807, 2.05) is 18.2 Å². The van der Waals surface area contributed by atoms with Gasteiger partial charge in [-0.05, 0) is 17.9 Å². The van der Waals surface area contributed by atoms with Crippen LogP contribution in [0.4, 0.5) is 0 Å². The predicted octanol–water partition coefficient (Wildman–Crippen LogP) is 3.32. The minimum atomic E-state index is 0.0237. The fraction of sp³-hybridized carbons (Fsp3) is 0.588. The van der Waals surface area contributed by atoms with Crippen LogP contribution in [-0.4, -0.2) is 19.1 Å². The lowest BCUT2D eigenvalue weighted by molar-refractivity contribution is -0.126. The lowest BCUT2D eigenvalue weighted by Crippen LogP contribution is -2.37. The Morgan fingerprint density at radius 3 is 2.55 bits per heavy atom. The van der Waals surface area contributed by atoms with Gasteiger partial charge in [0.05, 0.1) is 18.6 Å². The first-order valence-electron chi connectivity index (χ1n) is 7.69. The molecule has 1 saturated heterocycles. The van der Waals surface area contributed by atoms with E-state index in [9.17, 15) is 4.79 Å². The second-order valence-electron chi connectivity index (χ2n) is 5.53. The molecule has 0 aromatic heterocycles. The Bertz CT molecular complexity index is 408. The number of carbonyl (C=O) groups excluding carboxylic acids is 1. The van der Waals surface area contributed by atoms with Crippen molar-refractivity contribution >= 4 is 5.91 Å². The van der Waals surface area contributed by atoms with Gasteiger partial charge in [0.25, 0.3) is 0 Å². The number of hydrogen-bond donors (Lipinski definition) is 1. The van der Waals surface area contributed by atoms with Crippen LogP contribution in [0, 0.1) is 11.8 Å². The van der Waals surface area contributed by atoms with Crippen LogP contribution in [0.1, 0.15) is 44.7 Å². The third kappa shape index (κ3) is 3.60. The topological polar surface area (TPSA) is 38.3 Å². The Kier molecular flexibility index (Phi) is 5.60. The molecule has 2 unspecified atom stereocenters. The largest absolute Gasteiger partial charge is 0.381 e. The average molecular weight is 275 g/mol. The molecular weight excluding hydrogens is 250 g/mol. The molecule has 3 heteroatoms. The monoisotopic (exact) mass is 275 g/mol. The molecule has 20 heavy (non-hydrogen) atoms. The smallest absolute Gasteiger partial charge is 0.226 e. The van der Waals surface area contributed by atoms with Crippen molar-refractivity contribution in [2.24, 2.45) is 11.8 Å². The molecule has 1 aliphatic rings. The normalized spacial score (nSPS) is 20.1. The molecule has 3 nitrogen and oxygen atoms in total. The van der Waals surface area contributed by atoms with Crippen molar-refractivity contribution in [3.05, 3.63) is 35.9 Å². The summed E-state index contributed by atoms with van der Waals surface area (Å²) in [5.41, 5.74) is 1.20. The van der Waals surface area contributed by atoms with Crippen molar-refractivity contribution in [1.82, 2.24) is 5.32 Å². The average Bonchev–Trinajstić information content (AvgIpc) is 3.02. The molecule has 0 aliphatic carbocycles. The molecular formula is C17H25NO2. The lowest BCUT2D eigenvalue weighted by atomic mass is 9.88. The van der Waals surface area contributed by atoms with E-state index in [0.29, 0.717) is 19.1 Å². The van der Waals surface area contributed by atoms with Crippen LogP contribution in [0.25, 0.3) is 0 Å². The van der Waals surface area contributed by atoms with Gasteiger partial charge in [0.2, 0.25) is 5.91 Å². The van der Waals surface area contributed by atoms with Gasteiger partial charge >= 0.3 is 0 Å². The van der Waals surface area contributed by atoms with Crippen LogP contribution in [0.3, 0.4) is 0 Å². The third-order valence-electron chi connectivity index (χ3n) is 4.28. The summed E-state index contributed by atoms with van der Waals surface area (Å²) < 4.78 is 5.32. The fourth-order valence-electron chi connectivity index (χ4n) is 2.91. The number of carbonyl (C=O) groups is 1. The molecule has 110 valence electrons. The third-order valence-corrected chi connectivity index (χ3v) is 4.28. The van der Waals surface area contributed by atoms with Gasteiger partial charge in [0.1, 0.15) is 0 Å². The Morgan fingerprint density at radius 1 is 1.30 bits per heavy atom. The Balaban J connectivity index is 2.12. The van der Waals surface area contributed by atoms with E-state index < -0.39 is 0 Å². The van der Waals surface area contributed by atoms with Crippen LogP contribution in [-0.2, 0) is 9.53 Å². The lowest BCUT2D eigenvalue weighted by Gasteiger charge is -2.28. The van der Waals surface area contributed by atoms with E-state index in [1.165, 1.54) is 5.56 Å². The zero-order chi connectivity index (χ0) is 14.4. The van der Waals surface area contributed by atoms with E-state index >= 15 is 0 Å². The van der Waals surface area contributed by atoms with Gasteiger partial charge < -0.3 is 10.1 Å². The highest BCUT2D eigenvalue weighted by molar-refractivity contribution is 5.79. The number of rotatable bonds is 6. The molecule has 1 N–H and O–H groups in total. The second-order valence-corrected chi connectivity index (χ2v) is 5.53. The molecule has 1 aromatic rings. The van der Waals surface area contributed by atoms with Gasteiger partial charge in [-0.1, -0.05) is 57.0 Å². The maximum atomic E-state index is 12.4. The molecule has 2 atom stereocenters. The summed E-state index contributed by atoms with van der Waals surface area (Å²) in [5.74, 6) is 0.641. The highest BCUT2D eigenvalue weighted by Gasteiger charge is 2.28. The highest BCUT2D eigenvalue weighted by Crippen LogP contribution is 2.28. The molecule has 0 radical (unpaired) electrons. The standard InChI is InChI=1S/C17H25NO2/c1-3-13(4-2)16(14-8-6-5-7-9-14)18-17(19)15-10-11-20-12-15/h5-9,13,15-16H,3-4,10-12H2,1-2H3,(H,18,19). The molecule has 0 spiro atoms. The van der Waals surface area contributed by atoms with Crippen molar-refractivity contribution in [1.29, 1.82) is 0 Å². The second kappa shape index (κ2) is 7.44. The number of nitrogens with one attached hydrogen (secondary N) is 1. The summed E-state index contributed by atoms with van der Waals surface area (Å²) in [5, 5.41) is 3.26. The maximum Gasteiger partial charge on any atom is 0.226 e. The molecule has 1 amide bonds. The van der Waals surface area contributed by atoms with Gasteiger partial charge in [0.15, 0.2) is 0 Å². The van der Waals surface area contributed by atoms with Crippen molar-refractivity contribution in [2.45, 2.75) is 39.2 Å². The van der Waals surface area contributed by atoms with E-state index in [4.69, 9.17) is 4.74 Å². The first-order chi connectivity index (χ1) is 9.76. The van der Waals surface area contributed by atoms with Crippen molar-refractivity contribution < 1.29 is 9.53 Å². The minimum absolute atomic E-state index is 0.0237. The molecule has 1 aromatic carbocycles. The predicted molar refractivity (Wildman–Crippen MR) is 80.3 cm³/mol. The van der Waals surface area contributed by atoms with Crippen molar-refractivity contribution in [2.75, 3.05) is 13.2 Å². The van der Waals surface area contributed by atoms with Crippen LogP contribution in [0.5, 0.6) is 0 Å². The zero-order valence-electron chi connectivity index (χ0n) is 12.5. The summed E-state index contributed by atoms with van der Waals surface area (Å²) >= 11 is 0. The molecule has 1 heterocycles. The highest BCUT2D eigenvalue weighted by atomic mass is 16.5. The van der Waals surface area contributed by atoms with Gasteiger partial charge in [-0.2, -0.15) is 0 Å². The SMILES string of the molecule is CCC(CC)C(NC(=O)C1CCOC1)c1ccccc1. The molecule has 2 rings (SSSR count). The minimum Gasteiger partial charge on any atom is -0.381 e. The van der Waals surface area contributed by atoms with Crippen LogP contribution >= 0.6 is 0 Å². The summed E-state index contributed by atoms with van der Waals surface area (Å²) in [4.78, 5) is 12.4. The number of ether oxygens (including phenoxy) is 1. The van der Waals surface area contributed by atoms with Crippen LogP contribution in [0.15, 0.2) is 30.3 Å². The van der Waals surface area contributed by atoms with Gasteiger partial charge in [-0.3, -0.25) is 4.79 Å². The molecule has 1 fully saturated rings. The number of hydrogen-bond acceptors (Lipinski definition) is 2. The molecule has 1 aliphatic heterocycles. The summed E-state index contributed by atoms with van der Waals surface area (Å²) in [6.07, 6.45) is 2.98. The van der Waals surface area contributed by atoms with Crippen LogP contribution in [0.2, 0.25) is 0 Å². The number of benzene rings is 1. The first-order valence-corrected chi connectivity index (χ1v) is 7.69. The summed E-state index contributed by atoms with van der Waals surface area (Å²) in [6, 6.07) is 10.4. The molecule has 0 saturated carbocycles. The Morgan fingerprint density at radius 2 is 2.00 bits per heavy atom. The summed E-state index contributed by atoms with van der Waals surface area (Å²) in [6.45, 7) is 5.65. The van der Waals surface area contributed by atoms with Crippen molar-refractivity contribution in [3.63, 3.8) is 0 Å². The van der Waals surface area contributed by atoms with Crippen LogP contribution < -0.4 is 5.32 Å². The van der Waals surface area contributed by atoms with Gasteiger partial charge in [0, 0.05) is 6.61 Å². The van der Waals surface area contributed by atoms with E-state index in [1.54, 1.807) is 0 Å². The van der Waals surface area contributed by atoms with E-state index in [0.717, 1.165) is 19.3 Å². The zero-order valence-corrected chi connectivity index (χ0v) is 12.5. The fourth-order valence-corrected chi connectivity index (χ4v) is 2.91. The van der Waals surface area contributed by atoms with E-state index in [-0.39, 0.29) is 17.9 Å². The summed E-state index contributed by atoms with van der Waals surface area (Å²) in [7, 11) is 0. The number of amides is 1.